The molecule has 106 valence electrons. The summed E-state index contributed by atoms with van der Waals surface area (Å²) in [5.74, 6) is 1.77. The molecule has 1 saturated carbocycles. The minimum Gasteiger partial charge on any atom is -0.306 e. The van der Waals surface area contributed by atoms with E-state index in [0.717, 1.165) is 24.7 Å². The van der Waals surface area contributed by atoms with Crippen LogP contribution in [0.5, 0.6) is 0 Å². The predicted molar refractivity (Wildman–Crippen MR) is 81.0 cm³/mol. The highest BCUT2D eigenvalue weighted by molar-refractivity contribution is 5.34. The summed E-state index contributed by atoms with van der Waals surface area (Å²) in [6, 6.07) is 6.28. The molecule has 0 amide bonds. The van der Waals surface area contributed by atoms with Gasteiger partial charge in [0.05, 0.1) is 0 Å². The van der Waals surface area contributed by atoms with Gasteiger partial charge in [0.15, 0.2) is 0 Å². The maximum absolute atomic E-state index is 4.68. The summed E-state index contributed by atoms with van der Waals surface area (Å²) in [4.78, 5) is 4.68. The second-order valence-corrected chi connectivity index (χ2v) is 5.58. The minimum atomic E-state index is 0.835. The molecule has 1 fully saturated rings. The van der Waals surface area contributed by atoms with Gasteiger partial charge < -0.3 is 5.43 Å². The summed E-state index contributed by atoms with van der Waals surface area (Å²) in [6.07, 6.45) is 11.0. The Kier molecular flexibility index (Phi) is 6.15. The Labute approximate surface area is 117 Å². The molecule has 3 heteroatoms. The molecule has 0 atom stereocenters. The molecular formula is C16H27N3. The van der Waals surface area contributed by atoms with Crippen molar-refractivity contribution in [1.29, 1.82) is 0 Å². The van der Waals surface area contributed by atoms with E-state index in [-0.39, 0.29) is 0 Å². The fourth-order valence-electron chi connectivity index (χ4n) is 2.88. The van der Waals surface area contributed by atoms with Crippen LogP contribution in [-0.4, -0.2) is 11.5 Å². The molecule has 1 heterocycles. The van der Waals surface area contributed by atoms with Crippen LogP contribution in [0.3, 0.4) is 0 Å². The van der Waals surface area contributed by atoms with E-state index >= 15 is 0 Å². The number of anilines is 1. The van der Waals surface area contributed by atoms with Crippen molar-refractivity contribution in [3.05, 3.63) is 23.9 Å². The molecule has 0 aliphatic heterocycles. The number of nitrogens with one attached hydrogen (secondary N) is 2. The van der Waals surface area contributed by atoms with E-state index in [1.807, 2.05) is 6.07 Å². The Hall–Kier alpha value is -1.09. The molecule has 0 aromatic carbocycles. The van der Waals surface area contributed by atoms with Gasteiger partial charge in [0, 0.05) is 12.2 Å². The topological polar surface area (TPSA) is 37.0 Å². The van der Waals surface area contributed by atoms with Gasteiger partial charge in [0.1, 0.15) is 5.82 Å². The maximum atomic E-state index is 4.68. The quantitative estimate of drug-likeness (QED) is 0.789. The normalized spacial score (nSPS) is 17.7. The lowest BCUT2D eigenvalue weighted by atomic mass is 9.88. The van der Waals surface area contributed by atoms with Crippen LogP contribution in [0.15, 0.2) is 18.2 Å². The minimum absolute atomic E-state index is 0.835. The van der Waals surface area contributed by atoms with Crippen LogP contribution < -0.4 is 10.9 Å². The van der Waals surface area contributed by atoms with Gasteiger partial charge in [0.2, 0.25) is 0 Å². The zero-order valence-electron chi connectivity index (χ0n) is 12.1. The average Bonchev–Trinajstić information content (AvgIpc) is 2.40. The summed E-state index contributed by atoms with van der Waals surface area (Å²) in [5.41, 5.74) is 7.46. The molecule has 1 aromatic rings. The van der Waals surface area contributed by atoms with Crippen molar-refractivity contribution >= 4 is 5.82 Å². The van der Waals surface area contributed by atoms with Crippen molar-refractivity contribution in [3.63, 3.8) is 0 Å². The monoisotopic (exact) mass is 261 g/mol. The molecule has 3 nitrogen and oxygen atoms in total. The van der Waals surface area contributed by atoms with E-state index in [2.05, 4.69) is 34.9 Å². The molecule has 1 aliphatic rings. The molecule has 0 saturated heterocycles. The van der Waals surface area contributed by atoms with Gasteiger partial charge in [-0.15, -0.1) is 0 Å². The number of rotatable bonds is 5. The van der Waals surface area contributed by atoms with Crippen molar-refractivity contribution in [2.45, 2.75) is 58.3 Å². The van der Waals surface area contributed by atoms with Crippen molar-refractivity contribution in [3.8, 4) is 0 Å². The van der Waals surface area contributed by atoms with E-state index < -0.39 is 0 Å². The second-order valence-electron chi connectivity index (χ2n) is 5.58. The first kappa shape index (κ1) is 14.3. The standard InChI is InChI=1S/C16H27N3/c1-2-17-19-16-12-8-11-15(18-16)13-14-9-6-4-3-5-7-10-14/h8,11-12,14,17H,2-7,9-10,13H2,1H3,(H,18,19). The smallest absolute Gasteiger partial charge is 0.140 e. The van der Waals surface area contributed by atoms with Gasteiger partial charge in [-0.2, -0.15) is 0 Å². The first-order valence-corrected chi connectivity index (χ1v) is 7.83. The van der Waals surface area contributed by atoms with Gasteiger partial charge in [-0.3, -0.25) is 0 Å². The van der Waals surface area contributed by atoms with Crippen LogP contribution >= 0.6 is 0 Å². The lowest BCUT2D eigenvalue weighted by molar-refractivity contribution is 0.374. The number of hydrazine groups is 1. The lowest BCUT2D eigenvalue weighted by Crippen LogP contribution is -2.21. The zero-order valence-corrected chi connectivity index (χ0v) is 12.1. The van der Waals surface area contributed by atoms with Crippen LogP contribution in [0.1, 0.15) is 57.6 Å². The number of pyridine rings is 1. The van der Waals surface area contributed by atoms with Crippen LogP contribution in [-0.2, 0) is 6.42 Å². The molecule has 0 bridgehead atoms. The summed E-state index contributed by atoms with van der Waals surface area (Å²) in [6.45, 7) is 2.97. The van der Waals surface area contributed by atoms with Gasteiger partial charge in [0.25, 0.3) is 0 Å². The number of nitrogens with zero attached hydrogens (tertiary/aromatic N) is 1. The molecule has 0 unspecified atom stereocenters. The Bertz CT molecular complexity index is 357. The van der Waals surface area contributed by atoms with Crippen LogP contribution in [0.25, 0.3) is 0 Å². The lowest BCUT2D eigenvalue weighted by Gasteiger charge is -2.19. The van der Waals surface area contributed by atoms with Crippen LogP contribution in [0.4, 0.5) is 5.82 Å². The van der Waals surface area contributed by atoms with E-state index in [4.69, 9.17) is 0 Å². The molecule has 1 aromatic heterocycles. The first-order valence-electron chi connectivity index (χ1n) is 7.83. The third-order valence-corrected chi connectivity index (χ3v) is 3.92. The largest absolute Gasteiger partial charge is 0.306 e. The second kappa shape index (κ2) is 8.16. The maximum Gasteiger partial charge on any atom is 0.140 e. The Morgan fingerprint density at radius 1 is 1.11 bits per heavy atom. The Balaban J connectivity index is 1.89. The zero-order chi connectivity index (χ0) is 13.3. The third-order valence-electron chi connectivity index (χ3n) is 3.92. The molecule has 2 rings (SSSR count). The van der Waals surface area contributed by atoms with Crippen molar-refractivity contribution in [2.75, 3.05) is 12.0 Å². The molecule has 1 aliphatic carbocycles. The van der Waals surface area contributed by atoms with E-state index in [1.165, 1.54) is 50.6 Å². The molecule has 19 heavy (non-hydrogen) atoms. The summed E-state index contributed by atoms with van der Waals surface area (Å²) < 4.78 is 0. The van der Waals surface area contributed by atoms with Gasteiger partial charge in [-0.05, 0) is 24.5 Å². The highest BCUT2D eigenvalue weighted by Crippen LogP contribution is 2.25. The Morgan fingerprint density at radius 3 is 2.58 bits per heavy atom. The van der Waals surface area contributed by atoms with Crippen molar-refractivity contribution in [1.82, 2.24) is 10.4 Å². The first-order chi connectivity index (χ1) is 9.38. The highest BCUT2D eigenvalue weighted by Gasteiger charge is 2.12. The molecule has 2 N–H and O–H groups in total. The van der Waals surface area contributed by atoms with Crippen LogP contribution in [0.2, 0.25) is 0 Å². The van der Waals surface area contributed by atoms with Gasteiger partial charge in [-0.1, -0.05) is 57.9 Å². The SMILES string of the molecule is CCNNc1cccc(CC2CCCCCCC2)n1. The number of aromatic nitrogens is 1. The summed E-state index contributed by atoms with van der Waals surface area (Å²) in [5, 5.41) is 0. The fourth-order valence-corrected chi connectivity index (χ4v) is 2.88. The van der Waals surface area contributed by atoms with Crippen LogP contribution in [0, 0.1) is 5.92 Å². The molecule has 0 radical (unpaired) electrons. The molecule has 0 spiro atoms. The van der Waals surface area contributed by atoms with E-state index in [0.29, 0.717) is 0 Å². The number of hydrogen-bond donors (Lipinski definition) is 2. The van der Waals surface area contributed by atoms with Crippen molar-refractivity contribution < 1.29 is 0 Å². The fraction of sp³-hybridized carbons (Fsp3) is 0.688. The summed E-state index contributed by atoms with van der Waals surface area (Å²) in [7, 11) is 0. The van der Waals surface area contributed by atoms with Crippen molar-refractivity contribution in [2.24, 2.45) is 5.92 Å². The Morgan fingerprint density at radius 2 is 1.84 bits per heavy atom. The van der Waals surface area contributed by atoms with Gasteiger partial charge >= 0.3 is 0 Å². The third kappa shape index (κ3) is 5.19. The average molecular weight is 261 g/mol. The molecular weight excluding hydrogens is 234 g/mol. The van der Waals surface area contributed by atoms with E-state index in [9.17, 15) is 0 Å². The van der Waals surface area contributed by atoms with Gasteiger partial charge in [-0.25, -0.2) is 10.4 Å². The highest BCUT2D eigenvalue weighted by atomic mass is 15.4. The van der Waals surface area contributed by atoms with E-state index in [1.54, 1.807) is 0 Å². The summed E-state index contributed by atoms with van der Waals surface area (Å²) >= 11 is 0. The predicted octanol–water partition coefficient (Wildman–Crippen LogP) is 3.92. The number of hydrogen-bond acceptors (Lipinski definition) is 3.